The lowest BCUT2D eigenvalue weighted by Gasteiger charge is -2.25. The Hall–Kier alpha value is -3.83. The minimum Gasteiger partial charge on any atom is -0.480 e. The number of guanidine groups is 1. The van der Waals surface area contributed by atoms with Crippen LogP contribution in [0.15, 0.2) is 35.3 Å². The number of aliphatic imine (C=N–C) groups is 1. The van der Waals surface area contributed by atoms with Gasteiger partial charge in [0.15, 0.2) is 5.96 Å². The predicted molar refractivity (Wildman–Crippen MR) is 119 cm³/mol. The quantitative estimate of drug-likeness (QED) is 0.166. The number of amides is 3. The van der Waals surface area contributed by atoms with Crippen LogP contribution in [0.25, 0.3) is 0 Å². The molecule has 7 N–H and O–H groups in total. The van der Waals surface area contributed by atoms with E-state index in [1.807, 2.05) is 18.2 Å². The highest BCUT2D eigenvalue weighted by atomic mass is 16.5. The van der Waals surface area contributed by atoms with Crippen LogP contribution in [0.1, 0.15) is 31.2 Å². The zero-order valence-electron chi connectivity index (χ0n) is 18.2. The number of aliphatic carboxylic acids is 1. The molecule has 3 amide bonds. The molecule has 1 aromatic carbocycles. The van der Waals surface area contributed by atoms with Gasteiger partial charge in [0.2, 0.25) is 11.8 Å². The molecule has 0 unspecified atom stereocenters. The average molecular weight is 463 g/mol. The van der Waals surface area contributed by atoms with Gasteiger partial charge in [-0.05, 0) is 31.2 Å². The second-order valence-corrected chi connectivity index (χ2v) is 7.51. The Kier molecular flexibility index (Phi) is 9.93. The zero-order valence-corrected chi connectivity index (χ0v) is 18.2. The number of ether oxygens (including phenoxy) is 1. The molecule has 0 bridgehead atoms. The highest BCUT2D eigenvalue weighted by molar-refractivity contribution is 5.92. The largest absolute Gasteiger partial charge is 0.480 e. The molecule has 33 heavy (non-hydrogen) atoms. The number of nitrogens with zero attached hydrogens (tertiary/aromatic N) is 2. The van der Waals surface area contributed by atoms with Crippen LogP contribution in [0, 0.1) is 0 Å². The Morgan fingerprint density at radius 1 is 1.21 bits per heavy atom. The summed E-state index contributed by atoms with van der Waals surface area (Å²) in [5, 5.41) is 14.2. The van der Waals surface area contributed by atoms with Crippen LogP contribution < -0.4 is 22.1 Å². The van der Waals surface area contributed by atoms with E-state index in [2.05, 4.69) is 15.6 Å². The summed E-state index contributed by atoms with van der Waals surface area (Å²) in [5.41, 5.74) is 11.3. The zero-order chi connectivity index (χ0) is 24.2. The first-order chi connectivity index (χ1) is 15.8. The average Bonchev–Trinajstić information content (AvgIpc) is 3.28. The van der Waals surface area contributed by atoms with Gasteiger partial charge in [-0.15, -0.1) is 0 Å². The minimum absolute atomic E-state index is 0.0649. The van der Waals surface area contributed by atoms with Gasteiger partial charge >= 0.3 is 12.1 Å². The highest BCUT2D eigenvalue weighted by Crippen LogP contribution is 2.18. The fourth-order valence-corrected chi connectivity index (χ4v) is 3.39. The van der Waals surface area contributed by atoms with Gasteiger partial charge in [0.25, 0.3) is 0 Å². The van der Waals surface area contributed by atoms with E-state index in [0.717, 1.165) is 5.56 Å². The van der Waals surface area contributed by atoms with Gasteiger partial charge in [-0.3, -0.25) is 14.6 Å². The SMILES string of the molecule is NC(N)=NCCC[C@H](NC(=O)[C@@H]1CCCN1C(=O)CNC(=O)OCc1ccccc1)C(=O)O. The number of carbonyl (C=O) groups is 4. The molecule has 1 aliphatic heterocycles. The first-order valence-electron chi connectivity index (χ1n) is 10.6. The summed E-state index contributed by atoms with van der Waals surface area (Å²) >= 11 is 0. The van der Waals surface area contributed by atoms with Crippen LogP contribution in [0.4, 0.5) is 4.79 Å². The molecule has 2 rings (SSSR count). The molecule has 1 aromatic rings. The molecule has 12 heteroatoms. The van der Waals surface area contributed by atoms with Crippen molar-refractivity contribution in [2.24, 2.45) is 16.5 Å². The molecular weight excluding hydrogens is 432 g/mol. The Morgan fingerprint density at radius 2 is 1.94 bits per heavy atom. The lowest BCUT2D eigenvalue weighted by molar-refractivity contribution is -0.143. The number of nitrogens with one attached hydrogen (secondary N) is 2. The van der Waals surface area contributed by atoms with Crippen molar-refractivity contribution in [3.63, 3.8) is 0 Å². The maximum absolute atomic E-state index is 12.7. The number of carboxylic acids is 1. The Labute approximate surface area is 191 Å². The molecule has 1 heterocycles. The standard InChI is InChI=1S/C21H30N6O6/c22-20(23)24-10-4-8-15(19(30)31)26-18(29)16-9-5-11-27(16)17(28)12-25-21(32)33-13-14-6-2-1-3-7-14/h1-3,6-7,15-16H,4-5,8-13H2,(H,25,32)(H,26,29)(H,30,31)(H4,22,23,24)/t15-,16-/m0/s1. The fraction of sp³-hybridized carbons (Fsp3) is 0.476. The molecule has 1 saturated heterocycles. The van der Waals surface area contributed by atoms with Crippen molar-refractivity contribution in [3.05, 3.63) is 35.9 Å². The maximum atomic E-state index is 12.7. The van der Waals surface area contributed by atoms with E-state index < -0.39 is 36.0 Å². The molecule has 12 nitrogen and oxygen atoms in total. The summed E-state index contributed by atoms with van der Waals surface area (Å²) in [7, 11) is 0. The number of hydrogen-bond donors (Lipinski definition) is 5. The molecule has 0 aromatic heterocycles. The molecule has 0 radical (unpaired) electrons. The van der Waals surface area contributed by atoms with Crippen molar-refractivity contribution in [2.75, 3.05) is 19.6 Å². The van der Waals surface area contributed by atoms with Crippen LogP contribution >= 0.6 is 0 Å². The third-order valence-electron chi connectivity index (χ3n) is 5.03. The van der Waals surface area contributed by atoms with Crippen LogP contribution in [-0.2, 0) is 25.7 Å². The second kappa shape index (κ2) is 12.9. The first-order valence-corrected chi connectivity index (χ1v) is 10.6. The van der Waals surface area contributed by atoms with E-state index in [0.29, 0.717) is 25.8 Å². The van der Waals surface area contributed by atoms with Crippen LogP contribution in [0.3, 0.4) is 0 Å². The molecule has 0 aliphatic carbocycles. The highest BCUT2D eigenvalue weighted by Gasteiger charge is 2.35. The number of alkyl carbamates (subject to hydrolysis) is 1. The van der Waals surface area contributed by atoms with Crippen molar-refractivity contribution in [3.8, 4) is 0 Å². The number of carbonyl (C=O) groups excluding carboxylic acids is 3. The van der Waals surface area contributed by atoms with Crippen LogP contribution in [0.5, 0.6) is 0 Å². The molecule has 1 fully saturated rings. The Morgan fingerprint density at radius 3 is 2.61 bits per heavy atom. The number of nitrogens with two attached hydrogens (primary N) is 2. The van der Waals surface area contributed by atoms with E-state index in [4.69, 9.17) is 16.2 Å². The van der Waals surface area contributed by atoms with Gasteiger partial charge in [0.05, 0.1) is 0 Å². The first kappa shape index (κ1) is 25.4. The number of benzene rings is 1. The lowest BCUT2D eigenvalue weighted by atomic mass is 10.1. The maximum Gasteiger partial charge on any atom is 0.407 e. The van der Waals surface area contributed by atoms with Crippen molar-refractivity contribution < 1.29 is 29.0 Å². The summed E-state index contributed by atoms with van der Waals surface area (Å²) in [6, 6.07) is 7.15. The van der Waals surface area contributed by atoms with E-state index in [-0.39, 0.29) is 32.1 Å². The van der Waals surface area contributed by atoms with E-state index in [9.17, 15) is 24.3 Å². The summed E-state index contributed by atoms with van der Waals surface area (Å²) < 4.78 is 5.07. The molecule has 0 saturated carbocycles. The Balaban J connectivity index is 1.81. The number of carboxylic acid groups (broad SMARTS) is 1. The van der Waals surface area contributed by atoms with Crippen molar-refractivity contribution in [1.29, 1.82) is 0 Å². The monoisotopic (exact) mass is 462 g/mol. The smallest absolute Gasteiger partial charge is 0.407 e. The van der Waals surface area contributed by atoms with E-state index in [1.54, 1.807) is 12.1 Å². The minimum atomic E-state index is -1.19. The normalized spacial score (nSPS) is 15.9. The lowest BCUT2D eigenvalue weighted by Crippen LogP contribution is -2.52. The summed E-state index contributed by atoms with van der Waals surface area (Å²) in [5.74, 6) is -2.29. The van der Waals surface area contributed by atoms with Gasteiger partial charge in [-0.25, -0.2) is 9.59 Å². The second-order valence-electron chi connectivity index (χ2n) is 7.51. The van der Waals surface area contributed by atoms with Crippen LogP contribution in [0.2, 0.25) is 0 Å². The van der Waals surface area contributed by atoms with Gasteiger partial charge in [-0.2, -0.15) is 0 Å². The third-order valence-corrected chi connectivity index (χ3v) is 5.03. The van der Waals surface area contributed by atoms with E-state index in [1.165, 1.54) is 4.90 Å². The summed E-state index contributed by atoms with van der Waals surface area (Å²) in [6.07, 6.45) is 0.727. The van der Waals surface area contributed by atoms with E-state index >= 15 is 0 Å². The number of hydrogen-bond acceptors (Lipinski definition) is 6. The fourth-order valence-electron chi connectivity index (χ4n) is 3.39. The number of likely N-dealkylation sites (tertiary alicyclic amines) is 1. The van der Waals surface area contributed by atoms with Gasteiger partial charge in [0, 0.05) is 13.1 Å². The van der Waals surface area contributed by atoms with Crippen molar-refractivity contribution >= 4 is 29.8 Å². The molecular formula is C21H30N6O6. The van der Waals surface area contributed by atoms with Gasteiger partial charge in [-0.1, -0.05) is 30.3 Å². The topological polar surface area (TPSA) is 189 Å². The molecule has 1 aliphatic rings. The van der Waals surface area contributed by atoms with Crippen molar-refractivity contribution in [1.82, 2.24) is 15.5 Å². The Bertz CT molecular complexity index is 858. The molecule has 0 spiro atoms. The molecule has 180 valence electrons. The third kappa shape index (κ3) is 8.67. The van der Waals surface area contributed by atoms with Gasteiger partial charge < -0.3 is 36.8 Å². The van der Waals surface area contributed by atoms with Crippen LogP contribution in [-0.4, -0.2) is 71.6 Å². The summed E-state index contributed by atoms with van der Waals surface area (Å²) in [4.78, 5) is 53.7. The number of rotatable bonds is 11. The molecule has 2 atom stereocenters. The van der Waals surface area contributed by atoms with Crippen molar-refractivity contribution in [2.45, 2.75) is 44.4 Å². The van der Waals surface area contributed by atoms with Gasteiger partial charge in [0.1, 0.15) is 25.2 Å². The summed E-state index contributed by atoms with van der Waals surface area (Å²) in [6.45, 7) is 0.301. The predicted octanol–water partition coefficient (Wildman–Crippen LogP) is -0.473.